The van der Waals surface area contributed by atoms with E-state index in [0.717, 1.165) is 43.2 Å². The summed E-state index contributed by atoms with van der Waals surface area (Å²) in [6, 6.07) is 11.5. The summed E-state index contributed by atoms with van der Waals surface area (Å²) >= 11 is 0. The highest BCUT2D eigenvalue weighted by Gasteiger charge is 2.31. The highest BCUT2D eigenvalue weighted by atomic mass is 16.5. The molecule has 1 atom stereocenters. The van der Waals surface area contributed by atoms with Gasteiger partial charge in [0.05, 0.1) is 0 Å². The molecule has 4 rings (SSSR count). The van der Waals surface area contributed by atoms with Gasteiger partial charge in [-0.3, -0.25) is 15.1 Å². The second-order valence-corrected chi connectivity index (χ2v) is 6.29. The molecule has 0 saturated carbocycles. The predicted octanol–water partition coefficient (Wildman–Crippen LogP) is 1.45. The molecular formula is C19H22N4O2. The summed E-state index contributed by atoms with van der Waals surface area (Å²) in [5.74, 6) is 0.939. The smallest absolute Gasteiger partial charge is 0.244 e. The number of nitrogens with zero attached hydrogens (tertiary/aromatic N) is 3. The molecule has 1 aromatic heterocycles. The molecule has 25 heavy (non-hydrogen) atoms. The van der Waals surface area contributed by atoms with Gasteiger partial charge in [-0.2, -0.15) is 0 Å². The average Bonchev–Trinajstić information content (AvgIpc) is 2.91. The van der Waals surface area contributed by atoms with Gasteiger partial charge in [0, 0.05) is 56.4 Å². The van der Waals surface area contributed by atoms with E-state index in [4.69, 9.17) is 4.74 Å². The molecule has 1 unspecified atom stereocenters. The van der Waals surface area contributed by atoms with Crippen LogP contribution in [-0.2, 0) is 4.79 Å². The quantitative estimate of drug-likeness (QED) is 0.898. The first-order chi connectivity index (χ1) is 12.3. The van der Waals surface area contributed by atoms with Crippen LogP contribution in [0.25, 0.3) is 0 Å². The molecule has 2 aliphatic rings. The zero-order valence-electron chi connectivity index (χ0n) is 14.1. The van der Waals surface area contributed by atoms with Crippen LogP contribution in [0.3, 0.4) is 0 Å². The Kier molecular flexibility index (Phi) is 4.52. The predicted molar refractivity (Wildman–Crippen MR) is 95.7 cm³/mol. The highest BCUT2D eigenvalue weighted by Crippen LogP contribution is 2.28. The molecule has 2 aliphatic heterocycles. The van der Waals surface area contributed by atoms with Gasteiger partial charge in [-0.15, -0.1) is 0 Å². The maximum Gasteiger partial charge on any atom is 0.244 e. The first kappa shape index (κ1) is 15.9. The van der Waals surface area contributed by atoms with E-state index < -0.39 is 0 Å². The lowest BCUT2D eigenvalue weighted by Crippen LogP contribution is -2.51. The van der Waals surface area contributed by atoms with Gasteiger partial charge in [0.1, 0.15) is 18.4 Å². The minimum Gasteiger partial charge on any atom is -0.492 e. The van der Waals surface area contributed by atoms with E-state index in [1.165, 1.54) is 0 Å². The van der Waals surface area contributed by atoms with Crippen LogP contribution < -0.4 is 15.0 Å². The maximum atomic E-state index is 13.1. The van der Waals surface area contributed by atoms with Crippen molar-refractivity contribution >= 4 is 11.6 Å². The first-order valence-electron chi connectivity index (χ1n) is 8.72. The molecule has 0 radical (unpaired) electrons. The van der Waals surface area contributed by atoms with E-state index in [1.807, 2.05) is 41.3 Å². The van der Waals surface area contributed by atoms with Crippen LogP contribution in [0.2, 0.25) is 0 Å². The van der Waals surface area contributed by atoms with Gasteiger partial charge in [-0.05, 0) is 18.2 Å². The molecule has 0 bridgehead atoms. The van der Waals surface area contributed by atoms with Crippen LogP contribution in [0.5, 0.6) is 5.75 Å². The van der Waals surface area contributed by atoms with Crippen LogP contribution in [0, 0.1) is 0 Å². The van der Waals surface area contributed by atoms with Gasteiger partial charge >= 0.3 is 0 Å². The van der Waals surface area contributed by atoms with E-state index in [9.17, 15) is 4.79 Å². The fraction of sp³-hybridized carbons (Fsp3) is 0.368. The van der Waals surface area contributed by atoms with Crippen molar-refractivity contribution in [2.24, 2.45) is 0 Å². The molecule has 6 nitrogen and oxygen atoms in total. The van der Waals surface area contributed by atoms with Crippen molar-refractivity contribution in [2.75, 3.05) is 44.2 Å². The van der Waals surface area contributed by atoms with Crippen LogP contribution in [0.1, 0.15) is 11.6 Å². The molecule has 1 amide bonds. The molecule has 1 fully saturated rings. The molecule has 1 saturated heterocycles. The van der Waals surface area contributed by atoms with Crippen LogP contribution >= 0.6 is 0 Å². The Labute approximate surface area is 147 Å². The fourth-order valence-corrected chi connectivity index (χ4v) is 3.47. The van der Waals surface area contributed by atoms with Crippen molar-refractivity contribution in [1.29, 1.82) is 0 Å². The summed E-state index contributed by atoms with van der Waals surface area (Å²) in [4.78, 5) is 21.4. The van der Waals surface area contributed by atoms with Crippen molar-refractivity contribution in [3.8, 4) is 5.75 Å². The van der Waals surface area contributed by atoms with Crippen molar-refractivity contribution in [3.05, 3.63) is 54.4 Å². The summed E-state index contributed by atoms with van der Waals surface area (Å²) in [6.07, 6.45) is 3.61. The Morgan fingerprint density at radius 2 is 1.84 bits per heavy atom. The summed E-state index contributed by atoms with van der Waals surface area (Å²) in [7, 11) is 0. The molecule has 130 valence electrons. The Morgan fingerprint density at radius 1 is 1.08 bits per heavy atom. The number of nitrogens with one attached hydrogen (secondary N) is 1. The number of hydrogen-bond acceptors (Lipinski definition) is 5. The number of aromatic nitrogens is 1. The highest BCUT2D eigenvalue weighted by molar-refractivity contribution is 5.84. The van der Waals surface area contributed by atoms with Crippen molar-refractivity contribution < 1.29 is 9.53 Å². The second-order valence-electron chi connectivity index (χ2n) is 6.29. The molecule has 0 aliphatic carbocycles. The third-order valence-electron chi connectivity index (χ3n) is 4.80. The van der Waals surface area contributed by atoms with Crippen molar-refractivity contribution in [2.45, 2.75) is 6.04 Å². The number of anilines is 1. The first-order valence-corrected chi connectivity index (χ1v) is 8.72. The van der Waals surface area contributed by atoms with E-state index in [0.29, 0.717) is 13.2 Å². The fourth-order valence-electron chi connectivity index (χ4n) is 3.47. The van der Waals surface area contributed by atoms with Gasteiger partial charge in [-0.1, -0.05) is 18.2 Å². The molecule has 6 heteroatoms. The van der Waals surface area contributed by atoms with Crippen LogP contribution in [0.4, 0.5) is 5.69 Å². The van der Waals surface area contributed by atoms with Crippen LogP contribution in [0.15, 0.2) is 48.8 Å². The van der Waals surface area contributed by atoms with E-state index in [1.54, 1.807) is 12.4 Å². The Balaban J connectivity index is 1.46. The van der Waals surface area contributed by atoms with Gasteiger partial charge in [-0.25, -0.2) is 0 Å². The number of fused-ring (bicyclic) bond motifs is 1. The zero-order valence-corrected chi connectivity index (χ0v) is 14.1. The lowest BCUT2D eigenvalue weighted by Gasteiger charge is -2.37. The molecule has 1 aromatic carbocycles. The number of carbonyl (C=O) groups is 1. The monoisotopic (exact) mass is 338 g/mol. The Hall–Kier alpha value is -2.60. The standard InChI is InChI=1S/C19H22N4O2/c24-19(18-16-3-1-2-4-17(16)25-14-9-21-18)23-12-10-22(11-13-23)15-5-7-20-8-6-15/h1-8,18,21H,9-14H2. The number of amides is 1. The van der Waals surface area contributed by atoms with Gasteiger partial charge < -0.3 is 14.5 Å². The van der Waals surface area contributed by atoms with E-state index in [2.05, 4.69) is 15.2 Å². The summed E-state index contributed by atoms with van der Waals surface area (Å²) in [5.41, 5.74) is 2.09. The van der Waals surface area contributed by atoms with Crippen molar-refractivity contribution in [1.82, 2.24) is 15.2 Å². The third-order valence-corrected chi connectivity index (χ3v) is 4.80. The Morgan fingerprint density at radius 3 is 2.64 bits per heavy atom. The minimum atomic E-state index is -0.328. The lowest BCUT2D eigenvalue weighted by atomic mass is 10.0. The largest absolute Gasteiger partial charge is 0.492 e. The lowest BCUT2D eigenvalue weighted by molar-refractivity contribution is -0.133. The topological polar surface area (TPSA) is 57.7 Å². The number of ether oxygens (including phenoxy) is 1. The summed E-state index contributed by atoms with van der Waals surface area (Å²) in [6.45, 7) is 4.37. The Bertz CT molecular complexity index is 729. The number of rotatable bonds is 2. The van der Waals surface area contributed by atoms with E-state index >= 15 is 0 Å². The van der Waals surface area contributed by atoms with Crippen molar-refractivity contribution in [3.63, 3.8) is 0 Å². The third kappa shape index (κ3) is 3.30. The number of pyridine rings is 1. The molecule has 3 heterocycles. The number of piperazine rings is 1. The van der Waals surface area contributed by atoms with E-state index in [-0.39, 0.29) is 11.9 Å². The average molecular weight is 338 g/mol. The van der Waals surface area contributed by atoms with Gasteiger partial charge in [0.2, 0.25) is 5.91 Å². The molecule has 0 spiro atoms. The summed E-state index contributed by atoms with van der Waals surface area (Å²) < 4.78 is 5.74. The molecular weight excluding hydrogens is 316 g/mol. The SMILES string of the molecule is O=C(C1NCCOc2ccccc21)N1CCN(c2ccncc2)CC1. The maximum absolute atomic E-state index is 13.1. The number of para-hydroxylation sites is 1. The normalized spacial score (nSPS) is 20.4. The van der Waals surface area contributed by atoms with Gasteiger partial charge in [0.15, 0.2) is 0 Å². The second kappa shape index (κ2) is 7.11. The molecule has 1 N–H and O–H groups in total. The molecule has 2 aromatic rings. The van der Waals surface area contributed by atoms with Gasteiger partial charge in [0.25, 0.3) is 0 Å². The number of hydrogen-bond donors (Lipinski definition) is 1. The summed E-state index contributed by atoms with van der Waals surface area (Å²) in [5, 5.41) is 3.34. The zero-order chi connectivity index (χ0) is 17.1. The number of benzene rings is 1. The van der Waals surface area contributed by atoms with Crippen LogP contribution in [-0.4, -0.2) is 55.1 Å². The minimum absolute atomic E-state index is 0.132. The number of carbonyl (C=O) groups excluding carboxylic acids is 1.